The molecule has 0 radical (unpaired) electrons. The molecule has 162 valence electrons. The van der Waals surface area contributed by atoms with Crippen molar-refractivity contribution in [1.29, 1.82) is 0 Å². The van der Waals surface area contributed by atoms with Gasteiger partial charge in [-0.3, -0.25) is 9.78 Å². The number of halogens is 3. The van der Waals surface area contributed by atoms with Crippen molar-refractivity contribution in [2.45, 2.75) is 44.4 Å². The Hall–Kier alpha value is -3.11. The zero-order valence-corrected chi connectivity index (χ0v) is 16.5. The molecule has 0 atom stereocenters. The number of nitrogens with two attached hydrogens (primary N) is 1. The standard InChI is InChI=1S/C19H24F3N7O/c1-24-17(30)11-2-4-13(5-3-11)28-16-15(23)10-27-18(29-16)26-9-12-8-25-7-6-14(12)19(20,21)22/h6-8,10-11,13H,2-5,9,23H2,1H3,(H,24,30)(H2,26,27,28,29). The number of rotatable bonds is 6. The summed E-state index contributed by atoms with van der Waals surface area (Å²) in [6.07, 6.45) is 2.29. The van der Waals surface area contributed by atoms with Crippen molar-refractivity contribution in [2.75, 3.05) is 23.4 Å². The van der Waals surface area contributed by atoms with E-state index in [4.69, 9.17) is 5.73 Å². The summed E-state index contributed by atoms with van der Waals surface area (Å²) in [5, 5.41) is 8.73. The number of hydrogen-bond donors (Lipinski definition) is 4. The first-order chi connectivity index (χ1) is 14.3. The monoisotopic (exact) mass is 423 g/mol. The van der Waals surface area contributed by atoms with Crippen LogP contribution in [0.2, 0.25) is 0 Å². The number of anilines is 3. The van der Waals surface area contributed by atoms with Crippen molar-refractivity contribution in [3.8, 4) is 0 Å². The molecule has 0 aromatic carbocycles. The smallest absolute Gasteiger partial charge is 0.394 e. The molecule has 30 heavy (non-hydrogen) atoms. The van der Waals surface area contributed by atoms with E-state index in [1.807, 2.05) is 0 Å². The van der Waals surface area contributed by atoms with Crippen LogP contribution in [0.15, 0.2) is 24.7 Å². The third kappa shape index (κ3) is 5.28. The molecule has 0 bridgehead atoms. The van der Waals surface area contributed by atoms with E-state index in [9.17, 15) is 18.0 Å². The Kier molecular flexibility index (Phi) is 6.58. The summed E-state index contributed by atoms with van der Waals surface area (Å²) in [5.74, 6) is 0.631. The number of hydrogen-bond acceptors (Lipinski definition) is 7. The lowest BCUT2D eigenvalue weighted by Gasteiger charge is -2.28. The zero-order chi connectivity index (χ0) is 21.7. The number of aromatic nitrogens is 3. The fraction of sp³-hybridized carbons (Fsp3) is 0.474. The zero-order valence-electron chi connectivity index (χ0n) is 16.5. The highest BCUT2D eigenvalue weighted by Crippen LogP contribution is 2.32. The summed E-state index contributed by atoms with van der Waals surface area (Å²) < 4.78 is 39.3. The summed E-state index contributed by atoms with van der Waals surface area (Å²) >= 11 is 0. The summed E-state index contributed by atoms with van der Waals surface area (Å²) in [7, 11) is 1.63. The average molecular weight is 423 g/mol. The van der Waals surface area contributed by atoms with E-state index in [2.05, 4.69) is 30.9 Å². The topological polar surface area (TPSA) is 118 Å². The number of nitrogens with zero attached hydrogens (tertiary/aromatic N) is 3. The van der Waals surface area contributed by atoms with Gasteiger partial charge in [0.05, 0.1) is 17.4 Å². The molecule has 5 N–H and O–H groups in total. The van der Waals surface area contributed by atoms with Crippen LogP contribution < -0.4 is 21.7 Å². The quantitative estimate of drug-likeness (QED) is 0.564. The number of amides is 1. The molecule has 1 aliphatic carbocycles. The number of alkyl halides is 3. The van der Waals surface area contributed by atoms with Gasteiger partial charge in [0.1, 0.15) is 0 Å². The van der Waals surface area contributed by atoms with Crippen LogP contribution in [0.4, 0.5) is 30.6 Å². The highest BCUT2D eigenvalue weighted by Gasteiger charge is 2.33. The minimum absolute atomic E-state index is 0.00698. The summed E-state index contributed by atoms with van der Waals surface area (Å²) in [6.45, 7) is -0.136. The lowest BCUT2D eigenvalue weighted by Crippen LogP contribution is -2.34. The van der Waals surface area contributed by atoms with Crippen LogP contribution >= 0.6 is 0 Å². The number of nitrogens with one attached hydrogen (secondary N) is 3. The highest BCUT2D eigenvalue weighted by molar-refractivity contribution is 5.78. The number of carbonyl (C=O) groups excluding carboxylic acids is 1. The van der Waals surface area contributed by atoms with Gasteiger partial charge in [-0.25, -0.2) is 4.98 Å². The van der Waals surface area contributed by atoms with Crippen LogP contribution in [0.25, 0.3) is 0 Å². The van der Waals surface area contributed by atoms with E-state index in [1.54, 1.807) is 7.05 Å². The fourth-order valence-electron chi connectivity index (χ4n) is 3.51. The number of carbonyl (C=O) groups is 1. The van der Waals surface area contributed by atoms with Crippen LogP contribution in [0.3, 0.4) is 0 Å². The second-order valence-corrected chi connectivity index (χ2v) is 7.19. The average Bonchev–Trinajstić information content (AvgIpc) is 2.74. The second kappa shape index (κ2) is 9.14. The fourth-order valence-corrected chi connectivity index (χ4v) is 3.51. The Morgan fingerprint density at radius 2 is 1.97 bits per heavy atom. The molecule has 0 unspecified atom stereocenters. The Balaban J connectivity index is 1.63. The third-order valence-corrected chi connectivity index (χ3v) is 5.15. The molecule has 0 aliphatic heterocycles. The van der Waals surface area contributed by atoms with Gasteiger partial charge in [0.2, 0.25) is 11.9 Å². The Bertz CT molecular complexity index is 883. The van der Waals surface area contributed by atoms with Crippen molar-refractivity contribution >= 4 is 23.4 Å². The summed E-state index contributed by atoms with van der Waals surface area (Å²) in [5.41, 5.74) is 5.53. The molecule has 3 rings (SSSR count). The van der Waals surface area contributed by atoms with Gasteiger partial charge in [-0.05, 0) is 31.7 Å². The maximum atomic E-state index is 13.1. The Labute approximate surface area is 171 Å². The van der Waals surface area contributed by atoms with Crippen LogP contribution in [-0.2, 0) is 17.5 Å². The van der Waals surface area contributed by atoms with Gasteiger partial charge in [-0.2, -0.15) is 18.2 Å². The normalized spacial score (nSPS) is 19.2. The summed E-state index contributed by atoms with van der Waals surface area (Å²) in [6, 6.07) is 1.04. The van der Waals surface area contributed by atoms with E-state index in [0.29, 0.717) is 11.5 Å². The van der Waals surface area contributed by atoms with Crippen LogP contribution in [0.1, 0.15) is 36.8 Å². The minimum Gasteiger partial charge on any atom is -0.394 e. The predicted octanol–water partition coefficient (Wildman–Crippen LogP) is 2.80. The van der Waals surface area contributed by atoms with Gasteiger partial charge >= 0.3 is 6.18 Å². The van der Waals surface area contributed by atoms with E-state index in [1.165, 1.54) is 6.20 Å². The molecule has 2 aromatic heterocycles. The van der Waals surface area contributed by atoms with Crippen molar-refractivity contribution in [3.63, 3.8) is 0 Å². The lowest BCUT2D eigenvalue weighted by molar-refractivity contribution is -0.138. The molecule has 1 amide bonds. The molecular formula is C19H24F3N7O. The maximum absolute atomic E-state index is 13.1. The van der Waals surface area contributed by atoms with E-state index in [-0.39, 0.29) is 35.9 Å². The highest BCUT2D eigenvalue weighted by atomic mass is 19.4. The van der Waals surface area contributed by atoms with Crippen molar-refractivity contribution < 1.29 is 18.0 Å². The summed E-state index contributed by atoms with van der Waals surface area (Å²) in [4.78, 5) is 23.9. The molecule has 8 nitrogen and oxygen atoms in total. The van der Waals surface area contributed by atoms with Gasteiger partial charge in [0, 0.05) is 43.5 Å². The molecule has 1 saturated carbocycles. The second-order valence-electron chi connectivity index (χ2n) is 7.19. The van der Waals surface area contributed by atoms with Crippen molar-refractivity contribution in [3.05, 3.63) is 35.8 Å². The van der Waals surface area contributed by atoms with Gasteiger partial charge in [-0.15, -0.1) is 0 Å². The first-order valence-corrected chi connectivity index (χ1v) is 9.62. The predicted molar refractivity (Wildman–Crippen MR) is 106 cm³/mol. The molecular weight excluding hydrogens is 399 g/mol. The minimum atomic E-state index is -4.47. The van der Waals surface area contributed by atoms with Crippen molar-refractivity contribution in [2.24, 2.45) is 5.92 Å². The van der Waals surface area contributed by atoms with Crippen molar-refractivity contribution in [1.82, 2.24) is 20.3 Å². The molecule has 0 spiro atoms. The number of pyridine rings is 1. The van der Waals surface area contributed by atoms with Crippen LogP contribution in [0, 0.1) is 5.92 Å². The van der Waals surface area contributed by atoms with Gasteiger partial charge < -0.3 is 21.7 Å². The Morgan fingerprint density at radius 3 is 2.63 bits per heavy atom. The van der Waals surface area contributed by atoms with Crippen LogP contribution in [0.5, 0.6) is 0 Å². The Morgan fingerprint density at radius 1 is 1.23 bits per heavy atom. The van der Waals surface area contributed by atoms with Gasteiger partial charge in [0.15, 0.2) is 5.82 Å². The molecule has 1 aliphatic rings. The third-order valence-electron chi connectivity index (χ3n) is 5.15. The van der Waals surface area contributed by atoms with E-state index >= 15 is 0 Å². The first-order valence-electron chi connectivity index (χ1n) is 9.62. The van der Waals surface area contributed by atoms with E-state index < -0.39 is 11.7 Å². The maximum Gasteiger partial charge on any atom is 0.416 e. The SMILES string of the molecule is CNC(=O)C1CCC(Nc2nc(NCc3cnccc3C(F)(F)F)ncc2N)CC1. The molecule has 0 saturated heterocycles. The van der Waals surface area contributed by atoms with Crippen LogP contribution in [-0.4, -0.2) is 33.9 Å². The number of nitrogen functional groups attached to an aromatic ring is 1. The molecule has 1 fully saturated rings. The molecule has 11 heteroatoms. The molecule has 2 aromatic rings. The van der Waals surface area contributed by atoms with Gasteiger partial charge in [-0.1, -0.05) is 0 Å². The van der Waals surface area contributed by atoms with Gasteiger partial charge in [0.25, 0.3) is 0 Å². The largest absolute Gasteiger partial charge is 0.416 e. The molecule has 2 heterocycles. The first kappa shape index (κ1) is 21.6. The van der Waals surface area contributed by atoms with E-state index in [0.717, 1.165) is 44.1 Å². The lowest BCUT2D eigenvalue weighted by atomic mass is 9.85.